The minimum atomic E-state index is -0.340. The van der Waals surface area contributed by atoms with Crippen LogP contribution in [0.1, 0.15) is 25.0 Å². The van der Waals surface area contributed by atoms with E-state index in [1.165, 1.54) is 5.56 Å². The minimum absolute atomic E-state index is 0.0456. The van der Waals surface area contributed by atoms with Gasteiger partial charge in [-0.25, -0.2) is 4.79 Å². The van der Waals surface area contributed by atoms with E-state index in [2.05, 4.69) is 18.3 Å². The number of hydrogen-bond acceptors (Lipinski definition) is 4. The Morgan fingerprint density at radius 2 is 2.11 bits per heavy atom. The van der Waals surface area contributed by atoms with Crippen LogP contribution in [0.15, 0.2) is 18.2 Å². The van der Waals surface area contributed by atoms with Crippen LogP contribution in [-0.2, 0) is 16.1 Å². The van der Waals surface area contributed by atoms with E-state index in [-0.39, 0.29) is 12.6 Å². The maximum Gasteiger partial charge on any atom is 0.344 e. The van der Waals surface area contributed by atoms with Crippen LogP contribution in [0.2, 0.25) is 0 Å². The summed E-state index contributed by atoms with van der Waals surface area (Å²) in [5.74, 6) is 0.391. The van der Waals surface area contributed by atoms with E-state index in [1.54, 1.807) is 6.92 Å². The predicted octanol–water partition coefficient (Wildman–Crippen LogP) is 2.05. The van der Waals surface area contributed by atoms with Crippen molar-refractivity contribution in [1.82, 2.24) is 5.32 Å². The standard InChI is InChI=1S/C14H21NO3/c1-4-15-9-12-8-11(3)6-7-13(12)18-10-14(16)17-5-2/h6-8,15H,4-5,9-10H2,1-3H3. The quantitative estimate of drug-likeness (QED) is 0.753. The maximum absolute atomic E-state index is 11.2. The number of ether oxygens (including phenoxy) is 2. The van der Waals surface area contributed by atoms with Crippen molar-refractivity contribution in [2.75, 3.05) is 19.8 Å². The molecule has 0 heterocycles. The van der Waals surface area contributed by atoms with Crippen molar-refractivity contribution < 1.29 is 14.3 Å². The molecule has 0 bridgehead atoms. The molecule has 4 nitrogen and oxygen atoms in total. The van der Waals surface area contributed by atoms with Crippen LogP contribution < -0.4 is 10.1 Å². The number of carbonyl (C=O) groups is 1. The van der Waals surface area contributed by atoms with Crippen LogP contribution in [0.25, 0.3) is 0 Å². The summed E-state index contributed by atoms with van der Waals surface area (Å²) in [7, 11) is 0. The first-order valence-electron chi connectivity index (χ1n) is 6.26. The zero-order valence-corrected chi connectivity index (χ0v) is 11.3. The zero-order valence-electron chi connectivity index (χ0n) is 11.3. The molecule has 0 spiro atoms. The monoisotopic (exact) mass is 251 g/mol. The van der Waals surface area contributed by atoms with E-state index in [1.807, 2.05) is 19.1 Å². The highest BCUT2D eigenvalue weighted by Gasteiger charge is 2.07. The number of aryl methyl sites for hydroxylation is 1. The molecule has 0 aromatic heterocycles. The largest absolute Gasteiger partial charge is 0.482 e. The van der Waals surface area contributed by atoms with E-state index >= 15 is 0 Å². The summed E-state index contributed by atoms with van der Waals surface area (Å²) >= 11 is 0. The minimum Gasteiger partial charge on any atom is -0.482 e. The highest BCUT2D eigenvalue weighted by molar-refractivity contribution is 5.71. The summed E-state index contributed by atoms with van der Waals surface area (Å²) in [5, 5.41) is 3.25. The molecule has 0 radical (unpaired) electrons. The first kappa shape index (κ1) is 14.5. The number of benzene rings is 1. The van der Waals surface area contributed by atoms with Crippen LogP contribution in [0, 0.1) is 6.92 Å². The third-order valence-electron chi connectivity index (χ3n) is 2.43. The summed E-state index contributed by atoms with van der Waals surface area (Å²) in [6.07, 6.45) is 0. The van der Waals surface area contributed by atoms with Gasteiger partial charge in [0.15, 0.2) is 6.61 Å². The fourth-order valence-corrected chi connectivity index (χ4v) is 1.59. The zero-order chi connectivity index (χ0) is 13.4. The molecule has 0 aliphatic rings. The van der Waals surface area contributed by atoms with Crippen LogP contribution in [0.3, 0.4) is 0 Å². The molecule has 0 aliphatic heterocycles. The van der Waals surface area contributed by atoms with Crippen LogP contribution in [0.5, 0.6) is 5.75 Å². The second kappa shape index (κ2) is 7.71. The van der Waals surface area contributed by atoms with Gasteiger partial charge in [0.25, 0.3) is 0 Å². The maximum atomic E-state index is 11.2. The number of nitrogens with one attached hydrogen (secondary N) is 1. The van der Waals surface area contributed by atoms with E-state index in [4.69, 9.17) is 9.47 Å². The second-order valence-electron chi connectivity index (χ2n) is 3.99. The van der Waals surface area contributed by atoms with E-state index < -0.39 is 0 Å². The van der Waals surface area contributed by atoms with Crippen molar-refractivity contribution in [3.05, 3.63) is 29.3 Å². The first-order chi connectivity index (χ1) is 8.67. The second-order valence-corrected chi connectivity index (χ2v) is 3.99. The number of rotatable bonds is 7. The molecule has 1 N–H and O–H groups in total. The van der Waals surface area contributed by atoms with Crippen LogP contribution in [0.4, 0.5) is 0 Å². The summed E-state index contributed by atoms with van der Waals surface area (Å²) < 4.78 is 10.3. The molecule has 4 heteroatoms. The lowest BCUT2D eigenvalue weighted by Crippen LogP contribution is -2.17. The van der Waals surface area contributed by atoms with Crippen molar-refractivity contribution in [1.29, 1.82) is 0 Å². The Morgan fingerprint density at radius 1 is 1.33 bits per heavy atom. The molecule has 100 valence electrons. The Kier molecular flexibility index (Phi) is 6.22. The van der Waals surface area contributed by atoms with Crippen LogP contribution >= 0.6 is 0 Å². The van der Waals surface area contributed by atoms with Crippen molar-refractivity contribution in [2.24, 2.45) is 0 Å². The fraction of sp³-hybridized carbons (Fsp3) is 0.500. The molecule has 0 fully saturated rings. The lowest BCUT2D eigenvalue weighted by atomic mass is 10.1. The number of carbonyl (C=O) groups excluding carboxylic acids is 1. The topological polar surface area (TPSA) is 47.6 Å². The van der Waals surface area contributed by atoms with Gasteiger partial charge in [0.1, 0.15) is 5.75 Å². The molecule has 0 unspecified atom stereocenters. The Morgan fingerprint density at radius 3 is 2.78 bits per heavy atom. The van der Waals surface area contributed by atoms with Gasteiger partial charge in [0, 0.05) is 12.1 Å². The molecular weight excluding hydrogens is 230 g/mol. The van der Waals surface area contributed by atoms with Gasteiger partial charge in [0.05, 0.1) is 6.61 Å². The smallest absolute Gasteiger partial charge is 0.344 e. The van der Waals surface area contributed by atoms with Gasteiger partial charge in [-0.1, -0.05) is 24.6 Å². The van der Waals surface area contributed by atoms with Crippen molar-refractivity contribution in [3.63, 3.8) is 0 Å². The average molecular weight is 251 g/mol. The Labute approximate surface area is 108 Å². The summed E-state index contributed by atoms with van der Waals surface area (Å²) in [6, 6.07) is 5.92. The van der Waals surface area contributed by atoms with E-state index in [0.717, 1.165) is 24.4 Å². The molecule has 0 aliphatic carbocycles. The molecule has 0 saturated heterocycles. The SMILES string of the molecule is CCNCc1cc(C)ccc1OCC(=O)OCC. The molecule has 0 amide bonds. The van der Waals surface area contributed by atoms with Gasteiger partial charge in [-0.2, -0.15) is 0 Å². The molecule has 18 heavy (non-hydrogen) atoms. The lowest BCUT2D eigenvalue weighted by molar-refractivity contribution is -0.145. The third kappa shape index (κ3) is 4.75. The molecule has 1 rings (SSSR count). The number of hydrogen-bond donors (Lipinski definition) is 1. The van der Waals surface area contributed by atoms with Gasteiger partial charge in [-0.15, -0.1) is 0 Å². The van der Waals surface area contributed by atoms with Gasteiger partial charge < -0.3 is 14.8 Å². The summed E-state index contributed by atoms with van der Waals surface area (Å²) in [6.45, 7) is 7.82. The Hall–Kier alpha value is -1.55. The Balaban J connectivity index is 2.65. The van der Waals surface area contributed by atoms with Crippen LogP contribution in [-0.4, -0.2) is 25.7 Å². The lowest BCUT2D eigenvalue weighted by Gasteiger charge is -2.12. The molecule has 0 atom stereocenters. The van der Waals surface area contributed by atoms with E-state index in [0.29, 0.717) is 6.61 Å². The number of esters is 1. The highest BCUT2D eigenvalue weighted by atomic mass is 16.6. The van der Waals surface area contributed by atoms with Crippen molar-refractivity contribution in [3.8, 4) is 5.75 Å². The normalized spacial score (nSPS) is 10.2. The first-order valence-corrected chi connectivity index (χ1v) is 6.26. The summed E-state index contributed by atoms with van der Waals surface area (Å²) in [4.78, 5) is 11.2. The van der Waals surface area contributed by atoms with Gasteiger partial charge in [-0.3, -0.25) is 0 Å². The predicted molar refractivity (Wildman–Crippen MR) is 70.7 cm³/mol. The highest BCUT2D eigenvalue weighted by Crippen LogP contribution is 2.20. The summed E-state index contributed by atoms with van der Waals surface area (Å²) in [5.41, 5.74) is 2.23. The third-order valence-corrected chi connectivity index (χ3v) is 2.43. The average Bonchev–Trinajstić information content (AvgIpc) is 2.35. The Bertz CT molecular complexity index is 391. The van der Waals surface area contributed by atoms with Gasteiger partial charge in [0.2, 0.25) is 0 Å². The van der Waals surface area contributed by atoms with Gasteiger partial charge in [-0.05, 0) is 26.5 Å². The molecular formula is C14H21NO3. The van der Waals surface area contributed by atoms with Gasteiger partial charge >= 0.3 is 5.97 Å². The molecule has 1 aromatic rings. The fourth-order valence-electron chi connectivity index (χ4n) is 1.59. The van der Waals surface area contributed by atoms with E-state index in [9.17, 15) is 4.79 Å². The van der Waals surface area contributed by atoms with Crippen molar-refractivity contribution >= 4 is 5.97 Å². The molecule has 1 aromatic carbocycles. The van der Waals surface area contributed by atoms with Crippen molar-refractivity contribution in [2.45, 2.75) is 27.3 Å². The molecule has 0 saturated carbocycles.